The molecule has 21 heavy (non-hydrogen) atoms. The van der Waals surface area contributed by atoms with Crippen LogP contribution in [0.3, 0.4) is 0 Å². The summed E-state index contributed by atoms with van der Waals surface area (Å²) in [5.41, 5.74) is 1.10. The molecular formula is C16H22N2O2S. The number of fused-ring (bicyclic) bond motifs is 1. The van der Waals surface area contributed by atoms with E-state index in [-0.39, 0.29) is 0 Å². The largest absolute Gasteiger partial charge is 0.378 e. The summed E-state index contributed by atoms with van der Waals surface area (Å²) in [5, 5.41) is 1.97. The van der Waals surface area contributed by atoms with Gasteiger partial charge in [-0.3, -0.25) is 0 Å². The maximum Gasteiger partial charge on any atom is 0.240 e. The number of rotatable bonds is 6. The van der Waals surface area contributed by atoms with Gasteiger partial charge in [-0.2, -0.15) is 0 Å². The molecule has 0 radical (unpaired) electrons. The smallest absolute Gasteiger partial charge is 0.240 e. The molecule has 0 unspecified atom stereocenters. The van der Waals surface area contributed by atoms with Crippen molar-refractivity contribution in [2.45, 2.75) is 24.7 Å². The summed E-state index contributed by atoms with van der Waals surface area (Å²) in [4.78, 5) is 2.35. The third kappa shape index (κ3) is 3.74. The van der Waals surface area contributed by atoms with Gasteiger partial charge in [0.2, 0.25) is 10.0 Å². The summed E-state index contributed by atoms with van der Waals surface area (Å²) in [5.74, 6) is 0. The zero-order chi connectivity index (χ0) is 15.5. The van der Waals surface area contributed by atoms with Gasteiger partial charge in [0.1, 0.15) is 0 Å². The predicted molar refractivity (Wildman–Crippen MR) is 88.4 cm³/mol. The molecule has 5 heteroatoms. The first kappa shape index (κ1) is 15.8. The van der Waals surface area contributed by atoms with Crippen LogP contribution in [0.4, 0.5) is 5.69 Å². The van der Waals surface area contributed by atoms with Crippen molar-refractivity contribution in [3.63, 3.8) is 0 Å². The number of anilines is 1. The number of hydrogen-bond donors (Lipinski definition) is 1. The predicted octanol–water partition coefficient (Wildman–Crippen LogP) is 2.98. The van der Waals surface area contributed by atoms with E-state index in [1.165, 1.54) is 0 Å². The lowest BCUT2D eigenvalue weighted by Crippen LogP contribution is -2.24. The van der Waals surface area contributed by atoms with Crippen molar-refractivity contribution in [3.8, 4) is 0 Å². The van der Waals surface area contributed by atoms with Gasteiger partial charge in [-0.05, 0) is 41.5 Å². The van der Waals surface area contributed by atoms with Gasteiger partial charge in [0, 0.05) is 26.3 Å². The highest BCUT2D eigenvalue weighted by Gasteiger charge is 2.13. The molecule has 0 heterocycles. The van der Waals surface area contributed by atoms with Crippen LogP contribution >= 0.6 is 0 Å². The Labute approximate surface area is 126 Å². The van der Waals surface area contributed by atoms with Gasteiger partial charge in [-0.1, -0.05) is 25.5 Å². The lowest BCUT2D eigenvalue weighted by molar-refractivity contribution is 0.578. The van der Waals surface area contributed by atoms with E-state index in [1.807, 2.05) is 44.1 Å². The van der Waals surface area contributed by atoms with E-state index in [2.05, 4.69) is 10.8 Å². The van der Waals surface area contributed by atoms with Crippen LogP contribution in [0.15, 0.2) is 41.3 Å². The number of sulfonamides is 1. The molecule has 0 spiro atoms. The SMILES string of the molecule is CCCCNS(=O)(=O)c1ccc2cc(N(C)C)ccc2c1. The minimum Gasteiger partial charge on any atom is -0.378 e. The Morgan fingerprint density at radius 1 is 1.05 bits per heavy atom. The molecule has 0 aromatic heterocycles. The van der Waals surface area contributed by atoms with Crippen LogP contribution in [0.2, 0.25) is 0 Å². The molecule has 2 aromatic carbocycles. The molecule has 0 saturated carbocycles. The van der Waals surface area contributed by atoms with Gasteiger partial charge in [-0.15, -0.1) is 0 Å². The summed E-state index contributed by atoms with van der Waals surface area (Å²) >= 11 is 0. The Bertz CT molecular complexity index is 724. The molecule has 0 fully saturated rings. The molecule has 0 aliphatic rings. The molecular weight excluding hydrogens is 284 g/mol. The molecule has 0 aliphatic heterocycles. The second-order valence-electron chi connectivity index (χ2n) is 5.34. The minimum absolute atomic E-state index is 0.323. The van der Waals surface area contributed by atoms with E-state index >= 15 is 0 Å². The summed E-state index contributed by atoms with van der Waals surface area (Å²) < 4.78 is 27.0. The monoisotopic (exact) mass is 306 g/mol. The Morgan fingerprint density at radius 2 is 1.71 bits per heavy atom. The van der Waals surface area contributed by atoms with Crippen LogP contribution in [0, 0.1) is 0 Å². The highest BCUT2D eigenvalue weighted by Crippen LogP contribution is 2.23. The van der Waals surface area contributed by atoms with Crippen molar-refractivity contribution in [1.29, 1.82) is 0 Å². The molecule has 1 N–H and O–H groups in total. The number of nitrogens with one attached hydrogen (secondary N) is 1. The third-order valence-electron chi connectivity index (χ3n) is 3.44. The minimum atomic E-state index is -3.41. The number of benzene rings is 2. The molecule has 2 aromatic rings. The van der Waals surface area contributed by atoms with Gasteiger partial charge in [0.15, 0.2) is 0 Å². The van der Waals surface area contributed by atoms with E-state index in [4.69, 9.17) is 0 Å². The van der Waals surface area contributed by atoms with E-state index in [0.29, 0.717) is 11.4 Å². The van der Waals surface area contributed by atoms with Crippen molar-refractivity contribution >= 4 is 26.5 Å². The van der Waals surface area contributed by atoms with Crippen LogP contribution in [0.1, 0.15) is 19.8 Å². The molecule has 0 aliphatic carbocycles. The Kier molecular flexibility index (Phi) is 4.85. The van der Waals surface area contributed by atoms with Crippen LogP contribution in [0.25, 0.3) is 10.8 Å². The summed E-state index contributed by atoms with van der Waals surface area (Å²) in [6, 6.07) is 11.2. The number of nitrogens with zero attached hydrogens (tertiary/aromatic N) is 1. The Hall–Kier alpha value is -1.59. The maximum atomic E-state index is 12.2. The number of unbranched alkanes of at least 4 members (excludes halogenated alkanes) is 1. The van der Waals surface area contributed by atoms with Crippen LogP contribution < -0.4 is 9.62 Å². The van der Waals surface area contributed by atoms with Gasteiger partial charge >= 0.3 is 0 Å². The highest BCUT2D eigenvalue weighted by molar-refractivity contribution is 7.89. The molecule has 0 amide bonds. The fourth-order valence-corrected chi connectivity index (χ4v) is 3.23. The fraction of sp³-hybridized carbons (Fsp3) is 0.375. The van der Waals surface area contributed by atoms with Crippen molar-refractivity contribution in [3.05, 3.63) is 36.4 Å². The van der Waals surface area contributed by atoms with Crippen LogP contribution in [-0.4, -0.2) is 29.1 Å². The van der Waals surface area contributed by atoms with Gasteiger partial charge in [-0.25, -0.2) is 13.1 Å². The molecule has 4 nitrogen and oxygen atoms in total. The average molecular weight is 306 g/mol. The zero-order valence-electron chi connectivity index (χ0n) is 12.8. The molecule has 2 rings (SSSR count). The number of hydrogen-bond acceptors (Lipinski definition) is 3. The Balaban J connectivity index is 2.33. The summed E-state index contributed by atoms with van der Waals surface area (Å²) in [7, 11) is 0.557. The fourth-order valence-electron chi connectivity index (χ4n) is 2.12. The maximum absolute atomic E-state index is 12.2. The lowest BCUT2D eigenvalue weighted by atomic mass is 10.1. The van der Waals surface area contributed by atoms with Gasteiger partial charge < -0.3 is 4.90 Å². The quantitative estimate of drug-likeness (QED) is 0.835. The lowest BCUT2D eigenvalue weighted by Gasteiger charge is -2.13. The second-order valence-corrected chi connectivity index (χ2v) is 7.11. The van der Waals surface area contributed by atoms with Gasteiger partial charge in [0.25, 0.3) is 0 Å². The molecule has 114 valence electrons. The van der Waals surface area contributed by atoms with Crippen molar-refractivity contribution in [2.75, 3.05) is 25.5 Å². The normalized spacial score (nSPS) is 11.8. The van der Waals surface area contributed by atoms with Crippen LogP contribution in [-0.2, 0) is 10.0 Å². The molecule has 0 saturated heterocycles. The first-order valence-corrected chi connectivity index (χ1v) is 8.63. The van der Waals surface area contributed by atoms with Crippen molar-refractivity contribution in [1.82, 2.24) is 4.72 Å². The second kappa shape index (κ2) is 6.45. The van der Waals surface area contributed by atoms with Crippen molar-refractivity contribution in [2.24, 2.45) is 0 Å². The topological polar surface area (TPSA) is 49.4 Å². The zero-order valence-corrected chi connectivity index (χ0v) is 13.6. The highest BCUT2D eigenvalue weighted by atomic mass is 32.2. The van der Waals surface area contributed by atoms with Crippen molar-refractivity contribution < 1.29 is 8.42 Å². The summed E-state index contributed by atoms with van der Waals surface area (Å²) in [6.45, 7) is 2.52. The summed E-state index contributed by atoms with van der Waals surface area (Å²) in [6.07, 6.45) is 1.81. The van der Waals surface area contributed by atoms with E-state index in [0.717, 1.165) is 29.3 Å². The van der Waals surface area contributed by atoms with E-state index in [1.54, 1.807) is 12.1 Å². The van der Waals surface area contributed by atoms with Crippen LogP contribution in [0.5, 0.6) is 0 Å². The standard InChI is InChI=1S/C16H22N2O2S/c1-4-5-10-17-21(19,20)16-9-7-13-11-15(18(2)3)8-6-14(13)12-16/h6-9,11-12,17H,4-5,10H2,1-3H3. The first-order chi connectivity index (χ1) is 9.94. The van der Waals surface area contributed by atoms with E-state index in [9.17, 15) is 8.42 Å². The van der Waals surface area contributed by atoms with E-state index < -0.39 is 10.0 Å². The average Bonchev–Trinajstić information content (AvgIpc) is 2.46. The first-order valence-electron chi connectivity index (χ1n) is 7.15. The van der Waals surface area contributed by atoms with Gasteiger partial charge in [0.05, 0.1) is 4.90 Å². The third-order valence-corrected chi connectivity index (χ3v) is 4.90. The molecule has 0 atom stereocenters. The molecule has 0 bridgehead atoms. The Morgan fingerprint density at radius 3 is 2.38 bits per heavy atom.